The minimum Gasteiger partial charge on any atom is -0.391 e. The maximum atomic E-state index is 6.71. The lowest BCUT2D eigenvalue weighted by Crippen LogP contribution is -1.93. The highest BCUT2D eigenvalue weighted by molar-refractivity contribution is 5.57. The van der Waals surface area contributed by atoms with Gasteiger partial charge in [0.15, 0.2) is 0 Å². The molecule has 0 amide bonds. The minimum atomic E-state index is 0.107. The number of nitrogens with zero attached hydrogens (tertiary/aromatic N) is 3. The van der Waals surface area contributed by atoms with Gasteiger partial charge in [-0.1, -0.05) is 12.5 Å². The second-order valence-corrected chi connectivity index (χ2v) is 1.95. The van der Waals surface area contributed by atoms with Crippen molar-refractivity contribution in [2.45, 2.75) is 6.92 Å². The van der Waals surface area contributed by atoms with Crippen molar-refractivity contribution in [3.8, 4) is 11.8 Å². The van der Waals surface area contributed by atoms with E-state index in [1.165, 1.54) is 6.20 Å². The van der Waals surface area contributed by atoms with Gasteiger partial charge >= 0.3 is 5.82 Å². The van der Waals surface area contributed by atoms with Gasteiger partial charge < -0.3 is 10.6 Å². The Balaban J connectivity index is 3.22. The van der Waals surface area contributed by atoms with Crippen LogP contribution in [0, 0.1) is 18.4 Å². The number of anilines is 1. The summed E-state index contributed by atoms with van der Waals surface area (Å²) < 4.78 is 0. The van der Waals surface area contributed by atoms with Crippen molar-refractivity contribution in [2.24, 2.45) is 0 Å². The van der Waals surface area contributed by atoms with Gasteiger partial charge in [-0.2, -0.15) is 0 Å². The molecule has 2 N–H and O–H groups in total. The second-order valence-electron chi connectivity index (χ2n) is 1.95. The van der Waals surface area contributed by atoms with Crippen LogP contribution >= 0.6 is 0 Å². The topological polar surface area (TPSA) is 56.2 Å². The smallest absolute Gasteiger partial charge is 0.313 e. The zero-order chi connectivity index (χ0) is 8.97. The fraction of sp³-hybridized carbons (Fsp3) is 0.125. The maximum Gasteiger partial charge on any atom is 0.313 e. The average Bonchev–Trinajstić information content (AvgIpc) is 2.09. The summed E-state index contributed by atoms with van der Waals surface area (Å²) in [5.74, 6) is 5.60. The first-order valence-electron chi connectivity index (χ1n) is 3.20. The Morgan fingerprint density at radius 3 is 3.00 bits per heavy atom. The molecule has 0 aliphatic heterocycles. The molecule has 0 spiro atoms. The molecule has 0 bridgehead atoms. The molecule has 0 aliphatic carbocycles. The van der Waals surface area contributed by atoms with Crippen LogP contribution in [0.2, 0.25) is 0 Å². The highest BCUT2D eigenvalue weighted by atomic mass is 15.0. The second kappa shape index (κ2) is 3.36. The Labute approximate surface area is 70.3 Å². The van der Waals surface area contributed by atoms with Gasteiger partial charge in [0.25, 0.3) is 0 Å². The number of hydrogen-bond donors (Lipinski definition) is 1. The Morgan fingerprint density at radius 2 is 2.42 bits per heavy atom. The summed E-state index contributed by atoms with van der Waals surface area (Å²) in [6, 6.07) is 0. The molecule has 1 aromatic rings. The van der Waals surface area contributed by atoms with E-state index in [9.17, 15) is 0 Å². The van der Waals surface area contributed by atoms with Crippen LogP contribution in [-0.2, 0) is 0 Å². The van der Waals surface area contributed by atoms with E-state index >= 15 is 0 Å². The van der Waals surface area contributed by atoms with E-state index in [0.717, 1.165) is 0 Å². The van der Waals surface area contributed by atoms with E-state index in [0.29, 0.717) is 5.69 Å². The molecule has 0 unspecified atom stereocenters. The van der Waals surface area contributed by atoms with Crippen LogP contribution in [0.5, 0.6) is 0 Å². The van der Waals surface area contributed by atoms with Crippen molar-refractivity contribution in [3.63, 3.8) is 0 Å². The summed E-state index contributed by atoms with van der Waals surface area (Å²) in [5.41, 5.74) is 5.83. The van der Waals surface area contributed by atoms with Gasteiger partial charge in [0.1, 0.15) is 5.82 Å². The van der Waals surface area contributed by atoms with Crippen LogP contribution in [0.3, 0.4) is 0 Å². The lowest BCUT2D eigenvalue weighted by Gasteiger charge is -1.92. The van der Waals surface area contributed by atoms with E-state index in [1.807, 2.05) is 0 Å². The van der Waals surface area contributed by atoms with Crippen molar-refractivity contribution in [2.75, 3.05) is 5.73 Å². The van der Waals surface area contributed by atoms with Gasteiger partial charge in [-0.05, 0) is 12.8 Å². The first kappa shape index (κ1) is 8.03. The molecule has 4 nitrogen and oxygen atoms in total. The number of nitrogens with two attached hydrogens (primary N) is 1. The van der Waals surface area contributed by atoms with E-state index in [1.54, 1.807) is 6.92 Å². The van der Waals surface area contributed by atoms with Crippen LogP contribution in [0.4, 0.5) is 11.6 Å². The highest BCUT2D eigenvalue weighted by Gasteiger charge is 2.03. The number of aromatic nitrogens is 2. The third-order valence-corrected chi connectivity index (χ3v) is 1.14. The normalized spacial score (nSPS) is 8.00. The summed E-state index contributed by atoms with van der Waals surface area (Å²) in [5, 5.41) is 0. The number of nitrogen functional groups attached to an aromatic ring is 1. The van der Waals surface area contributed by atoms with Crippen LogP contribution in [0.15, 0.2) is 6.20 Å². The van der Waals surface area contributed by atoms with E-state index in [2.05, 4.69) is 26.7 Å². The van der Waals surface area contributed by atoms with Gasteiger partial charge in [-0.15, -0.1) is 4.98 Å². The molecule has 0 atom stereocenters. The van der Waals surface area contributed by atoms with Crippen LogP contribution < -0.4 is 5.73 Å². The Hall–Kier alpha value is -2.07. The summed E-state index contributed by atoms with van der Waals surface area (Å²) in [7, 11) is 0. The average molecular weight is 158 g/mol. The van der Waals surface area contributed by atoms with Crippen molar-refractivity contribution >= 4 is 11.6 Å². The van der Waals surface area contributed by atoms with Gasteiger partial charge in [0.2, 0.25) is 5.69 Å². The molecule has 0 saturated carbocycles. The van der Waals surface area contributed by atoms with Gasteiger partial charge in [-0.3, -0.25) is 0 Å². The number of hydrogen-bond acceptors (Lipinski definition) is 3. The van der Waals surface area contributed by atoms with Crippen LogP contribution in [0.25, 0.3) is 4.85 Å². The fourth-order valence-electron chi connectivity index (χ4n) is 0.659. The molecule has 4 heteroatoms. The molecule has 58 valence electrons. The van der Waals surface area contributed by atoms with Crippen molar-refractivity contribution in [1.82, 2.24) is 9.97 Å². The summed E-state index contributed by atoms with van der Waals surface area (Å²) in [6.45, 7) is 8.40. The Morgan fingerprint density at radius 1 is 1.67 bits per heavy atom. The quantitative estimate of drug-likeness (QED) is 0.452. The minimum absolute atomic E-state index is 0.107. The highest BCUT2D eigenvalue weighted by Crippen LogP contribution is 2.14. The summed E-state index contributed by atoms with van der Waals surface area (Å²) in [4.78, 5) is 10.7. The van der Waals surface area contributed by atoms with Gasteiger partial charge in [0.05, 0.1) is 6.20 Å². The first-order chi connectivity index (χ1) is 5.77. The molecule has 0 saturated heterocycles. The molecule has 1 rings (SSSR count). The van der Waals surface area contributed by atoms with Crippen LogP contribution in [-0.4, -0.2) is 9.97 Å². The lowest BCUT2D eigenvalue weighted by atomic mass is 10.4. The van der Waals surface area contributed by atoms with Crippen molar-refractivity contribution in [3.05, 3.63) is 23.3 Å². The van der Waals surface area contributed by atoms with Crippen molar-refractivity contribution < 1.29 is 0 Å². The monoisotopic (exact) mass is 158 g/mol. The first-order valence-corrected chi connectivity index (χ1v) is 3.20. The van der Waals surface area contributed by atoms with E-state index < -0.39 is 0 Å². The molecule has 1 heterocycles. The van der Waals surface area contributed by atoms with Crippen molar-refractivity contribution in [1.29, 1.82) is 0 Å². The SMILES string of the molecule is [C-]#[N+]c1nc(C#CC)cnc1N. The molecule has 0 fully saturated rings. The summed E-state index contributed by atoms with van der Waals surface area (Å²) >= 11 is 0. The third-order valence-electron chi connectivity index (χ3n) is 1.14. The molecule has 1 aromatic heterocycles. The van der Waals surface area contributed by atoms with Crippen LogP contribution in [0.1, 0.15) is 12.6 Å². The Bertz CT molecular complexity index is 392. The zero-order valence-corrected chi connectivity index (χ0v) is 6.50. The predicted molar refractivity (Wildman–Crippen MR) is 45.3 cm³/mol. The van der Waals surface area contributed by atoms with Gasteiger partial charge in [0, 0.05) is 0 Å². The lowest BCUT2D eigenvalue weighted by molar-refractivity contribution is 1.20. The zero-order valence-electron chi connectivity index (χ0n) is 6.50. The predicted octanol–water partition coefficient (Wildman–Crippen LogP) is 0.981. The standard InChI is InChI=1S/C8H6N4/c1-3-4-6-5-11-7(9)8(10-2)12-6/h5H,1H3,(H2,9,11). The molecular formula is C8H6N4. The molecule has 0 radical (unpaired) electrons. The number of rotatable bonds is 0. The maximum absolute atomic E-state index is 6.71. The van der Waals surface area contributed by atoms with E-state index in [-0.39, 0.29) is 11.6 Å². The van der Waals surface area contributed by atoms with E-state index in [4.69, 9.17) is 12.3 Å². The largest absolute Gasteiger partial charge is 0.391 e. The molecule has 0 aromatic carbocycles. The Kier molecular flexibility index (Phi) is 2.25. The summed E-state index contributed by atoms with van der Waals surface area (Å²) in [6.07, 6.45) is 1.44. The fourth-order valence-corrected chi connectivity index (χ4v) is 0.659. The van der Waals surface area contributed by atoms with Gasteiger partial charge in [-0.25, -0.2) is 4.98 Å². The molecule has 0 aliphatic rings. The molecule has 12 heavy (non-hydrogen) atoms. The third kappa shape index (κ3) is 1.50. The molecular weight excluding hydrogens is 152 g/mol.